The van der Waals surface area contributed by atoms with E-state index in [1.54, 1.807) is 49.1 Å². The molecule has 0 N–H and O–H groups in total. The number of rotatable bonds is 3. The highest BCUT2D eigenvalue weighted by Crippen LogP contribution is 2.22. The normalized spacial score (nSPS) is 14.9. The first-order chi connectivity index (χ1) is 12.3. The molecule has 2 aromatic rings. The van der Waals surface area contributed by atoms with E-state index in [1.807, 2.05) is 6.92 Å². The Morgan fingerprint density at radius 1 is 1.27 bits per heavy atom. The van der Waals surface area contributed by atoms with Gasteiger partial charge in [-0.1, -0.05) is 17.7 Å². The van der Waals surface area contributed by atoms with Crippen LogP contribution < -0.4 is 0 Å². The summed E-state index contributed by atoms with van der Waals surface area (Å²) in [6.07, 6.45) is 3.22. The van der Waals surface area contributed by atoms with Gasteiger partial charge < -0.3 is 9.64 Å². The SMILES string of the molecule is C/C=C(\C)OC(=O)N1CCc2nn(S(=O)(=O)c3ccc(C)cc3)cc2C1. The molecule has 0 fully saturated rings. The number of ether oxygens (including phenoxy) is 1. The fourth-order valence-corrected chi connectivity index (χ4v) is 3.81. The minimum atomic E-state index is -3.75. The van der Waals surface area contributed by atoms with Crippen LogP contribution in [0.1, 0.15) is 30.7 Å². The maximum absolute atomic E-state index is 12.8. The van der Waals surface area contributed by atoms with E-state index in [0.717, 1.165) is 9.65 Å². The minimum Gasteiger partial charge on any atom is -0.415 e. The molecule has 1 aromatic carbocycles. The molecule has 1 aliphatic heterocycles. The maximum atomic E-state index is 12.8. The van der Waals surface area contributed by atoms with Crippen molar-refractivity contribution in [2.24, 2.45) is 0 Å². The van der Waals surface area contributed by atoms with Crippen molar-refractivity contribution in [3.8, 4) is 0 Å². The van der Waals surface area contributed by atoms with Crippen LogP contribution in [0.2, 0.25) is 0 Å². The van der Waals surface area contributed by atoms with Gasteiger partial charge in [-0.25, -0.2) is 4.79 Å². The molecule has 0 saturated carbocycles. The van der Waals surface area contributed by atoms with Crippen LogP contribution in [0.4, 0.5) is 4.79 Å². The third-order valence-electron chi connectivity index (χ3n) is 4.31. The summed E-state index contributed by atoms with van der Waals surface area (Å²) in [5.74, 6) is 0.526. The second-order valence-corrected chi connectivity index (χ2v) is 8.03. The number of aryl methyl sites for hydroxylation is 1. The number of nitrogens with zero attached hydrogens (tertiary/aromatic N) is 3. The molecule has 8 heteroatoms. The van der Waals surface area contributed by atoms with Gasteiger partial charge in [-0.2, -0.15) is 17.6 Å². The molecule has 1 amide bonds. The van der Waals surface area contributed by atoms with Crippen molar-refractivity contribution in [2.75, 3.05) is 6.54 Å². The van der Waals surface area contributed by atoms with Crippen LogP contribution in [0, 0.1) is 6.92 Å². The summed E-state index contributed by atoms with van der Waals surface area (Å²) in [5.41, 5.74) is 2.38. The van der Waals surface area contributed by atoms with Gasteiger partial charge in [0.05, 0.1) is 17.1 Å². The highest BCUT2D eigenvalue weighted by atomic mass is 32.2. The van der Waals surface area contributed by atoms with Crippen LogP contribution in [-0.4, -0.2) is 35.1 Å². The zero-order valence-corrected chi connectivity index (χ0v) is 15.8. The predicted octanol–water partition coefficient (Wildman–Crippen LogP) is 2.85. The number of carbonyl (C=O) groups excluding carboxylic acids is 1. The Morgan fingerprint density at radius 2 is 1.96 bits per heavy atom. The molecule has 0 bridgehead atoms. The molecule has 0 aliphatic carbocycles. The van der Waals surface area contributed by atoms with Gasteiger partial charge in [0.1, 0.15) is 5.76 Å². The Hall–Kier alpha value is -2.61. The van der Waals surface area contributed by atoms with Gasteiger partial charge in [0.25, 0.3) is 10.0 Å². The number of carbonyl (C=O) groups is 1. The summed E-state index contributed by atoms with van der Waals surface area (Å²) in [4.78, 5) is 13.9. The van der Waals surface area contributed by atoms with E-state index in [4.69, 9.17) is 4.74 Å². The molecule has 0 atom stereocenters. The zero-order chi connectivity index (χ0) is 18.9. The van der Waals surface area contributed by atoms with Crippen LogP contribution in [0.3, 0.4) is 0 Å². The summed E-state index contributed by atoms with van der Waals surface area (Å²) >= 11 is 0. The lowest BCUT2D eigenvalue weighted by atomic mass is 10.1. The van der Waals surface area contributed by atoms with Gasteiger partial charge in [0, 0.05) is 24.7 Å². The van der Waals surface area contributed by atoms with Crippen LogP contribution in [0.25, 0.3) is 0 Å². The summed E-state index contributed by atoms with van der Waals surface area (Å²) in [6.45, 7) is 6.10. The van der Waals surface area contributed by atoms with Gasteiger partial charge in [-0.3, -0.25) is 0 Å². The quantitative estimate of drug-likeness (QED) is 0.771. The third kappa shape index (κ3) is 3.50. The van der Waals surface area contributed by atoms with Gasteiger partial charge in [-0.05, 0) is 39.0 Å². The fourth-order valence-electron chi connectivity index (χ4n) is 2.65. The molecule has 0 radical (unpaired) electrons. The van der Waals surface area contributed by atoms with Crippen molar-refractivity contribution in [3.63, 3.8) is 0 Å². The molecular weight excluding hydrogens is 354 g/mol. The van der Waals surface area contributed by atoms with Crippen molar-refractivity contribution in [1.82, 2.24) is 14.1 Å². The summed E-state index contributed by atoms with van der Waals surface area (Å²) < 4.78 is 31.7. The van der Waals surface area contributed by atoms with Crippen LogP contribution in [0.5, 0.6) is 0 Å². The van der Waals surface area contributed by atoms with E-state index in [9.17, 15) is 13.2 Å². The van der Waals surface area contributed by atoms with Crippen LogP contribution >= 0.6 is 0 Å². The van der Waals surface area contributed by atoms with E-state index in [1.165, 1.54) is 6.20 Å². The van der Waals surface area contributed by atoms with Gasteiger partial charge in [-0.15, -0.1) is 0 Å². The monoisotopic (exact) mass is 375 g/mol. The number of hydrogen-bond acceptors (Lipinski definition) is 5. The first-order valence-electron chi connectivity index (χ1n) is 8.30. The average molecular weight is 375 g/mol. The largest absolute Gasteiger partial charge is 0.415 e. The Balaban J connectivity index is 1.83. The lowest BCUT2D eigenvalue weighted by Gasteiger charge is -2.25. The van der Waals surface area contributed by atoms with E-state index in [2.05, 4.69) is 5.10 Å². The Labute approximate surface area is 152 Å². The molecule has 26 heavy (non-hydrogen) atoms. The predicted molar refractivity (Wildman–Crippen MR) is 96.0 cm³/mol. The number of fused-ring (bicyclic) bond motifs is 1. The second-order valence-electron chi connectivity index (χ2n) is 6.23. The smallest absolute Gasteiger partial charge is 0.415 e. The van der Waals surface area contributed by atoms with E-state index >= 15 is 0 Å². The number of benzene rings is 1. The number of hydrogen-bond donors (Lipinski definition) is 0. The van der Waals surface area contributed by atoms with E-state index in [-0.39, 0.29) is 11.4 Å². The number of allylic oxidation sites excluding steroid dienone is 2. The first-order valence-corrected chi connectivity index (χ1v) is 9.74. The third-order valence-corrected chi connectivity index (χ3v) is 5.86. The molecule has 0 unspecified atom stereocenters. The standard InChI is InChI=1S/C18H21N3O4S/c1-4-14(3)25-18(22)20-10-9-17-15(11-20)12-21(19-17)26(23,24)16-7-5-13(2)6-8-16/h4-8,12H,9-11H2,1-3H3/b14-4+. The molecule has 0 spiro atoms. The number of amides is 1. The van der Waals surface area contributed by atoms with Gasteiger partial charge in [0.2, 0.25) is 0 Å². The fraction of sp³-hybridized carbons (Fsp3) is 0.333. The Bertz CT molecular complexity index is 959. The average Bonchev–Trinajstić information content (AvgIpc) is 3.06. The Morgan fingerprint density at radius 3 is 2.62 bits per heavy atom. The molecule has 7 nitrogen and oxygen atoms in total. The molecular formula is C18H21N3O4S. The first kappa shape index (κ1) is 18.2. The maximum Gasteiger partial charge on any atom is 0.415 e. The van der Waals surface area contributed by atoms with Crippen molar-refractivity contribution >= 4 is 16.1 Å². The van der Waals surface area contributed by atoms with Crippen molar-refractivity contribution < 1.29 is 17.9 Å². The zero-order valence-electron chi connectivity index (χ0n) is 15.0. The summed E-state index contributed by atoms with van der Waals surface area (Å²) in [6, 6.07) is 6.62. The lowest BCUT2D eigenvalue weighted by Crippen LogP contribution is -2.35. The lowest BCUT2D eigenvalue weighted by molar-refractivity contribution is 0.123. The molecule has 1 aliphatic rings. The topological polar surface area (TPSA) is 81.5 Å². The minimum absolute atomic E-state index is 0.183. The molecule has 3 rings (SSSR count). The highest BCUT2D eigenvalue weighted by Gasteiger charge is 2.27. The van der Waals surface area contributed by atoms with Crippen LogP contribution in [-0.2, 0) is 27.7 Å². The molecule has 138 valence electrons. The van der Waals surface area contributed by atoms with Crippen molar-refractivity contribution in [1.29, 1.82) is 0 Å². The molecule has 1 aromatic heterocycles. The van der Waals surface area contributed by atoms with Gasteiger partial charge >= 0.3 is 6.09 Å². The van der Waals surface area contributed by atoms with E-state index < -0.39 is 16.1 Å². The van der Waals surface area contributed by atoms with Crippen LogP contribution in [0.15, 0.2) is 47.2 Å². The molecule has 2 heterocycles. The second kappa shape index (κ2) is 6.95. The highest BCUT2D eigenvalue weighted by molar-refractivity contribution is 7.89. The summed E-state index contributed by atoms with van der Waals surface area (Å²) in [7, 11) is -3.75. The Kier molecular flexibility index (Phi) is 4.86. The van der Waals surface area contributed by atoms with Crippen molar-refractivity contribution in [2.45, 2.75) is 38.6 Å². The van der Waals surface area contributed by atoms with Crippen molar-refractivity contribution in [3.05, 3.63) is 59.1 Å². The molecule has 0 saturated heterocycles. The number of aromatic nitrogens is 2. The summed E-state index contributed by atoms with van der Waals surface area (Å²) in [5, 5.41) is 4.23. The van der Waals surface area contributed by atoms with Gasteiger partial charge in [0.15, 0.2) is 0 Å². The van der Waals surface area contributed by atoms with E-state index in [0.29, 0.717) is 30.0 Å².